The molecule has 4 rings (SSSR count). The minimum Gasteiger partial charge on any atom is -0.445 e. The number of nitrogens with zero attached hydrogens (tertiary/aromatic N) is 1. The molecule has 0 spiro atoms. The Balaban J connectivity index is 1.51. The largest absolute Gasteiger partial charge is 0.445 e. The lowest BCUT2D eigenvalue weighted by molar-refractivity contribution is -0.149. The number of Topliss-reactive ketones (excluding diaryl/α,β-unsaturated/α-hetero) is 1. The molecule has 5 amide bonds. The molecule has 3 aliphatic rings. The molecule has 1 heterocycles. The summed E-state index contributed by atoms with van der Waals surface area (Å²) in [5.74, 6) is -3.43. The zero-order chi connectivity index (χ0) is 35.9. The molecule has 12 nitrogen and oxygen atoms in total. The van der Waals surface area contributed by atoms with Crippen molar-refractivity contribution >= 4 is 58.1 Å². The van der Waals surface area contributed by atoms with Crippen LogP contribution >= 0.6 is 22.6 Å². The fourth-order valence-corrected chi connectivity index (χ4v) is 7.42. The summed E-state index contributed by atoms with van der Waals surface area (Å²) in [5, 5.41) is 8.29. The van der Waals surface area contributed by atoms with Gasteiger partial charge in [-0.15, -0.1) is 0 Å². The van der Waals surface area contributed by atoms with Gasteiger partial charge in [0.1, 0.15) is 18.1 Å². The van der Waals surface area contributed by atoms with Crippen molar-refractivity contribution in [2.45, 2.75) is 103 Å². The van der Waals surface area contributed by atoms with E-state index >= 15 is 0 Å². The number of halogens is 1. The Bertz CT molecular complexity index is 1430. The molecule has 2 aliphatic carbocycles. The molecule has 1 aromatic rings. The molecule has 0 radical (unpaired) electrons. The molecule has 2 unspecified atom stereocenters. The summed E-state index contributed by atoms with van der Waals surface area (Å²) in [4.78, 5) is 81.0. The maximum absolute atomic E-state index is 14.3. The van der Waals surface area contributed by atoms with Crippen molar-refractivity contribution in [1.29, 1.82) is 0 Å². The van der Waals surface area contributed by atoms with E-state index in [1.807, 2.05) is 66.8 Å². The Hall–Kier alpha value is -3.23. The third-order valence-electron chi connectivity index (χ3n) is 9.95. The first-order valence-electron chi connectivity index (χ1n) is 16.6. The molecule has 48 heavy (non-hydrogen) atoms. The second-order valence-corrected chi connectivity index (χ2v) is 17.4. The summed E-state index contributed by atoms with van der Waals surface area (Å²) >= 11 is 2.02. The number of fused-ring (bicyclic) bond motifs is 1. The van der Waals surface area contributed by atoms with Crippen LogP contribution in [-0.2, 0) is 28.7 Å². The molecule has 264 valence electrons. The van der Waals surface area contributed by atoms with Crippen LogP contribution in [0.1, 0.15) is 84.3 Å². The van der Waals surface area contributed by atoms with Crippen molar-refractivity contribution in [3.05, 3.63) is 35.9 Å². The number of ketones is 1. The maximum atomic E-state index is 14.3. The number of esters is 1. The quantitative estimate of drug-likeness (QED) is 0.108. The summed E-state index contributed by atoms with van der Waals surface area (Å²) in [5.41, 5.74) is 4.37. The first-order valence-corrected chi connectivity index (χ1v) is 17.8. The summed E-state index contributed by atoms with van der Waals surface area (Å²) in [7, 11) is 0. The van der Waals surface area contributed by atoms with Crippen molar-refractivity contribution in [2.75, 3.05) is 6.54 Å². The smallest absolute Gasteiger partial charge is 0.330 e. The summed E-state index contributed by atoms with van der Waals surface area (Å²) in [6.45, 7) is 15.2. The number of nitrogens with two attached hydrogens (primary N) is 1. The molecule has 2 saturated carbocycles. The van der Waals surface area contributed by atoms with E-state index in [1.54, 1.807) is 41.5 Å². The number of ether oxygens (including phenoxy) is 1. The molecule has 13 heteroatoms. The lowest BCUT2D eigenvalue weighted by atomic mass is 9.85. The molecule has 1 saturated heterocycles. The molecule has 1 aliphatic heterocycles. The lowest BCUT2D eigenvalue weighted by Crippen LogP contribution is -2.62. The fourth-order valence-electron chi connectivity index (χ4n) is 6.75. The molecule has 7 atom stereocenters. The Kier molecular flexibility index (Phi) is 10.9. The van der Waals surface area contributed by atoms with Crippen molar-refractivity contribution in [3.63, 3.8) is 0 Å². The predicted molar refractivity (Wildman–Crippen MR) is 187 cm³/mol. The number of hydrogen-bond donors (Lipinski definition) is 4. The number of primary amides is 1. The van der Waals surface area contributed by atoms with Crippen LogP contribution in [0.4, 0.5) is 4.79 Å². The SMILES string of the molecule is CC(C)(C)C(NC(=O)N[C@H](C(=O)N1C[C@H]2[C@@H]([C@H]1C(=O)NC(CC1CC1)C(=O)C(N)=O)C2(C)C)C(C)(C)C)C(=O)O[C@H](I)c1ccccc1. The number of hydrogen-bond acceptors (Lipinski definition) is 7. The van der Waals surface area contributed by atoms with Crippen molar-refractivity contribution < 1.29 is 33.5 Å². The van der Waals surface area contributed by atoms with Crippen LogP contribution in [0.15, 0.2) is 30.3 Å². The average Bonchev–Trinajstić information content (AvgIpc) is 3.84. The highest BCUT2D eigenvalue weighted by atomic mass is 127. The van der Waals surface area contributed by atoms with Gasteiger partial charge in [-0.3, -0.25) is 19.2 Å². The van der Waals surface area contributed by atoms with E-state index in [9.17, 15) is 28.8 Å². The second kappa shape index (κ2) is 13.9. The van der Waals surface area contributed by atoms with E-state index in [4.69, 9.17) is 10.5 Å². The van der Waals surface area contributed by atoms with E-state index in [0.717, 1.165) is 18.4 Å². The van der Waals surface area contributed by atoms with Gasteiger partial charge in [0.05, 0.1) is 6.04 Å². The highest BCUT2D eigenvalue weighted by molar-refractivity contribution is 14.1. The van der Waals surface area contributed by atoms with Gasteiger partial charge in [0.15, 0.2) is 4.11 Å². The number of carbonyl (C=O) groups is 6. The van der Waals surface area contributed by atoms with Crippen LogP contribution in [0.25, 0.3) is 0 Å². The predicted octanol–water partition coefficient (Wildman–Crippen LogP) is 3.61. The van der Waals surface area contributed by atoms with Crippen LogP contribution in [0.3, 0.4) is 0 Å². The zero-order valence-electron chi connectivity index (χ0n) is 29.1. The lowest BCUT2D eigenvalue weighted by Gasteiger charge is -2.38. The minimum atomic E-state index is -1.11. The van der Waals surface area contributed by atoms with Gasteiger partial charge >= 0.3 is 12.0 Å². The molecule has 3 fully saturated rings. The number of alkyl halides is 1. The van der Waals surface area contributed by atoms with Crippen LogP contribution in [0, 0.1) is 34.0 Å². The fraction of sp³-hybridized carbons (Fsp3) is 0.657. The number of carbonyl (C=O) groups excluding carboxylic acids is 6. The van der Waals surface area contributed by atoms with Crippen LogP contribution in [-0.4, -0.2) is 71.1 Å². The van der Waals surface area contributed by atoms with Crippen molar-refractivity contribution in [3.8, 4) is 0 Å². The third-order valence-corrected chi connectivity index (χ3v) is 10.9. The number of benzene rings is 1. The minimum absolute atomic E-state index is 0.0475. The van der Waals surface area contributed by atoms with Gasteiger partial charge in [0, 0.05) is 12.1 Å². The first-order chi connectivity index (χ1) is 22.1. The summed E-state index contributed by atoms with van der Waals surface area (Å²) in [6.07, 6.45) is 2.13. The van der Waals surface area contributed by atoms with E-state index in [0.29, 0.717) is 13.0 Å². The third kappa shape index (κ3) is 8.49. The average molecular weight is 780 g/mol. The monoisotopic (exact) mass is 779 g/mol. The maximum Gasteiger partial charge on any atom is 0.330 e. The number of rotatable bonds is 12. The molecule has 0 aromatic heterocycles. The molecular weight excluding hydrogens is 729 g/mol. The van der Waals surface area contributed by atoms with Gasteiger partial charge in [-0.25, -0.2) is 9.59 Å². The van der Waals surface area contributed by atoms with Crippen molar-refractivity contribution in [1.82, 2.24) is 20.9 Å². The Morgan fingerprint density at radius 2 is 1.50 bits per heavy atom. The van der Waals surface area contributed by atoms with E-state index in [1.165, 1.54) is 4.90 Å². The van der Waals surface area contributed by atoms with Gasteiger partial charge in [0.2, 0.25) is 17.6 Å². The number of likely N-dealkylation sites (tertiary alicyclic amines) is 1. The Morgan fingerprint density at radius 3 is 2.02 bits per heavy atom. The summed E-state index contributed by atoms with van der Waals surface area (Å²) in [6, 6.07) is 4.45. The standard InChI is InChI=1S/C35H50IN5O7/c1-33(2,3)25(39-32(47)40-26(34(4,5)6)31(46)48-27(36)19-12-10-9-11-13-19)30(45)41-17-20-22(35(20,7)8)23(41)29(44)38-21(16-18-14-15-18)24(42)28(37)43/h9-13,18,20-23,25-27H,14-17H2,1-8H3,(H2,37,43)(H,38,44)(H2,39,40,47)/t20-,21?,22-,23-,25+,26?,27-/m0/s1. The van der Waals surface area contributed by atoms with Gasteiger partial charge in [0.25, 0.3) is 5.91 Å². The number of urea groups is 1. The van der Waals surface area contributed by atoms with Gasteiger partial charge < -0.3 is 31.3 Å². The van der Waals surface area contributed by atoms with E-state index < -0.39 is 74.6 Å². The summed E-state index contributed by atoms with van der Waals surface area (Å²) < 4.78 is 5.15. The number of nitrogens with one attached hydrogen (secondary N) is 3. The molecular formula is C35H50IN5O7. The van der Waals surface area contributed by atoms with E-state index in [-0.39, 0.29) is 23.2 Å². The van der Waals surface area contributed by atoms with Gasteiger partial charge in [-0.2, -0.15) is 0 Å². The van der Waals surface area contributed by atoms with Crippen LogP contribution < -0.4 is 21.7 Å². The Morgan fingerprint density at radius 1 is 0.938 bits per heavy atom. The highest BCUT2D eigenvalue weighted by Crippen LogP contribution is 2.65. The second-order valence-electron chi connectivity index (χ2n) is 16.2. The van der Waals surface area contributed by atoms with Crippen LogP contribution in [0.5, 0.6) is 0 Å². The van der Waals surface area contributed by atoms with E-state index in [2.05, 4.69) is 16.0 Å². The van der Waals surface area contributed by atoms with Crippen LogP contribution in [0.2, 0.25) is 0 Å². The van der Waals surface area contributed by atoms with Gasteiger partial charge in [-0.05, 0) is 63.0 Å². The topological polar surface area (TPSA) is 177 Å². The zero-order valence-corrected chi connectivity index (χ0v) is 31.3. The first kappa shape index (κ1) is 37.6. The van der Waals surface area contributed by atoms with Crippen molar-refractivity contribution in [2.24, 2.45) is 39.7 Å². The van der Waals surface area contributed by atoms with Gasteiger partial charge in [-0.1, -0.05) is 98.6 Å². The molecule has 1 aromatic carbocycles. The molecule has 5 N–H and O–H groups in total. The number of piperidine rings is 1. The highest BCUT2D eigenvalue weighted by Gasteiger charge is 2.70. The number of amides is 5. The Labute approximate surface area is 296 Å². The molecule has 0 bridgehead atoms. The normalized spacial score (nSPS) is 23.9.